The van der Waals surface area contributed by atoms with E-state index in [-0.39, 0.29) is 38.5 Å². The van der Waals surface area contributed by atoms with Crippen molar-refractivity contribution >= 4 is 32.5 Å². The van der Waals surface area contributed by atoms with E-state index in [1.165, 1.54) is 37.1 Å². The Kier molecular flexibility index (Phi) is 6.49. The van der Waals surface area contributed by atoms with Crippen LogP contribution in [-0.2, 0) is 10.0 Å². The van der Waals surface area contributed by atoms with Gasteiger partial charge in [0, 0.05) is 22.8 Å². The standard InChI is InChI=1S/C21H18ClF2N5O5S/c1-10-5-4-6-13(26-10)15-12(22)8-7-11-14(35(25,30)31)9-29(16(11)15)21-27-18(32-2)17(34-20(23)24)19(28-21)33-3/h4-9,20H,1-3H3,(H2,25,30,31). The number of aromatic nitrogens is 4. The van der Waals surface area contributed by atoms with Crippen molar-refractivity contribution in [3.8, 4) is 34.7 Å². The highest BCUT2D eigenvalue weighted by molar-refractivity contribution is 7.89. The summed E-state index contributed by atoms with van der Waals surface area (Å²) in [6, 6.07) is 8.25. The molecular formula is C21H18ClF2N5O5S. The number of rotatable bonds is 7. The average molecular weight is 526 g/mol. The molecule has 0 radical (unpaired) electrons. The molecule has 184 valence electrons. The van der Waals surface area contributed by atoms with E-state index in [9.17, 15) is 17.2 Å². The van der Waals surface area contributed by atoms with Gasteiger partial charge in [-0.05, 0) is 31.2 Å². The first-order valence-electron chi connectivity index (χ1n) is 9.80. The molecule has 0 saturated heterocycles. The predicted molar refractivity (Wildman–Crippen MR) is 123 cm³/mol. The van der Waals surface area contributed by atoms with Gasteiger partial charge < -0.3 is 14.2 Å². The minimum Gasteiger partial charge on any atom is -0.478 e. The Balaban J connectivity index is 2.13. The van der Waals surface area contributed by atoms with Gasteiger partial charge in [0.15, 0.2) is 0 Å². The van der Waals surface area contributed by atoms with Gasteiger partial charge in [0.2, 0.25) is 21.7 Å². The Morgan fingerprint density at radius 3 is 2.26 bits per heavy atom. The summed E-state index contributed by atoms with van der Waals surface area (Å²) in [6.07, 6.45) is 1.19. The zero-order valence-electron chi connectivity index (χ0n) is 18.5. The number of nitrogens with two attached hydrogens (primary N) is 1. The molecule has 4 rings (SSSR count). The molecule has 0 aliphatic heterocycles. The van der Waals surface area contributed by atoms with Crippen LogP contribution in [0.5, 0.6) is 17.5 Å². The predicted octanol–water partition coefficient (Wildman–Crippen LogP) is 3.71. The number of nitrogens with zero attached hydrogens (tertiary/aromatic N) is 4. The molecular weight excluding hydrogens is 508 g/mol. The highest BCUT2D eigenvalue weighted by atomic mass is 35.5. The molecule has 10 nitrogen and oxygen atoms in total. The van der Waals surface area contributed by atoms with Gasteiger partial charge in [0.25, 0.3) is 11.8 Å². The normalized spacial score (nSPS) is 11.8. The van der Waals surface area contributed by atoms with Gasteiger partial charge in [-0.2, -0.15) is 18.7 Å². The van der Waals surface area contributed by atoms with Crippen LogP contribution in [-0.4, -0.2) is 48.8 Å². The minimum atomic E-state index is -4.22. The fourth-order valence-corrected chi connectivity index (χ4v) is 4.52. The Bertz CT molecular complexity index is 1520. The largest absolute Gasteiger partial charge is 0.478 e. The van der Waals surface area contributed by atoms with Crippen molar-refractivity contribution < 1.29 is 31.4 Å². The highest BCUT2D eigenvalue weighted by Gasteiger charge is 2.27. The molecule has 0 aliphatic carbocycles. The number of hydrogen-bond donors (Lipinski definition) is 1. The van der Waals surface area contributed by atoms with E-state index in [1.54, 1.807) is 25.1 Å². The first-order chi connectivity index (χ1) is 16.5. The van der Waals surface area contributed by atoms with Crippen LogP contribution in [0.25, 0.3) is 28.1 Å². The molecule has 3 heterocycles. The third kappa shape index (κ3) is 4.57. The van der Waals surface area contributed by atoms with Crippen molar-refractivity contribution in [1.29, 1.82) is 0 Å². The Labute approximate surface area is 203 Å². The lowest BCUT2D eigenvalue weighted by Crippen LogP contribution is -2.12. The van der Waals surface area contributed by atoms with Crippen LogP contribution in [0.1, 0.15) is 5.69 Å². The third-order valence-corrected chi connectivity index (χ3v) is 6.18. The monoisotopic (exact) mass is 525 g/mol. The van der Waals surface area contributed by atoms with Crippen molar-refractivity contribution in [3.05, 3.63) is 47.2 Å². The maximum Gasteiger partial charge on any atom is 0.387 e. The number of ether oxygens (including phenoxy) is 3. The topological polar surface area (TPSA) is 131 Å². The second-order valence-corrected chi connectivity index (χ2v) is 9.08. The van der Waals surface area contributed by atoms with E-state index in [1.807, 2.05) is 0 Å². The van der Waals surface area contributed by atoms with E-state index in [4.69, 9.17) is 26.2 Å². The quantitative estimate of drug-likeness (QED) is 0.386. The summed E-state index contributed by atoms with van der Waals surface area (Å²) in [6.45, 7) is -1.42. The van der Waals surface area contributed by atoms with E-state index in [0.29, 0.717) is 17.0 Å². The molecule has 0 amide bonds. The number of sulfonamides is 1. The summed E-state index contributed by atoms with van der Waals surface area (Å²) in [5.41, 5.74) is 1.76. The number of alkyl halides is 2. The SMILES string of the molecule is COc1nc(-n2cc(S(N)(=O)=O)c3ccc(Cl)c(-c4cccc(C)n4)c32)nc(OC)c1OC(F)F. The Morgan fingerprint density at radius 2 is 1.71 bits per heavy atom. The van der Waals surface area contributed by atoms with Gasteiger partial charge in [-0.3, -0.25) is 9.55 Å². The van der Waals surface area contributed by atoms with Crippen molar-refractivity contribution in [3.63, 3.8) is 0 Å². The molecule has 14 heteroatoms. The lowest BCUT2D eigenvalue weighted by atomic mass is 10.1. The number of aryl methyl sites for hydroxylation is 1. The van der Waals surface area contributed by atoms with Crippen LogP contribution in [0.4, 0.5) is 8.78 Å². The Morgan fingerprint density at radius 1 is 1.06 bits per heavy atom. The summed E-state index contributed by atoms with van der Waals surface area (Å²) in [7, 11) is -1.84. The number of methoxy groups -OCH3 is 2. The van der Waals surface area contributed by atoms with Crippen LogP contribution >= 0.6 is 11.6 Å². The van der Waals surface area contributed by atoms with Gasteiger partial charge in [0.05, 0.1) is 30.5 Å². The van der Waals surface area contributed by atoms with Gasteiger partial charge >= 0.3 is 6.61 Å². The van der Waals surface area contributed by atoms with E-state index < -0.39 is 22.4 Å². The lowest BCUT2D eigenvalue weighted by Gasteiger charge is -2.15. The first-order valence-corrected chi connectivity index (χ1v) is 11.7. The molecule has 35 heavy (non-hydrogen) atoms. The zero-order valence-corrected chi connectivity index (χ0v) is 20.1. The fraction of sp³-hybridized carbons (Fsp3) is 0.190. The summed E-state index contributed by atoms with van der Waals surface area (Å²) in [5.74, 6) is -1.46. The number of hydrogen-bond acceptors (Lipinski definition) is 8. The van der Waals surface area contributed by atoms with Gasteiger partial charge in [-0.1, -0.05) is 17.7 Å². The number of primary sulfonamides is 1. The molecule has 4 aromatic rings. The van der Waals surface area contributed by atoms with Crippen LogP contribution in [0, 0.1) is 6.92 Å². The fourth-order valence-electron chi connectivity index (χ4n) is 3.55. The maximum absolute atomic E-state index is 12.9. The number of benzene rings is 1. The van der Waals surface area contributed by atoms with Gasteiger partial charge in [-0.25, -0.2) is 13.6 Å². The molecule has 3 aromatic heterocycles. The van der Waals surface area contributed by atoms with E-state index in [0.717, 1.165) is 0 Å². The van der Waals surface area contributed by atoms with Crippen LogP contribution in [0.3, 0.4) is 0 Å². The second-order valence-electron chi connectivity index (χ2n) is 7.14. The van der Waals surface area contributed by atoms with Crippen LogP contribution in [0.2, 0.25) is 5.02 Å². The van der Waals surface area contributed by atoms with Gasteiger partial charge in [0.1, 0.15) is 4.90 Å². The van der Waals surface area contributed by atoms with Crippen LogP contribution in [0.15, 0.2) is 41.4 Å². The van der Waals surface area contributed by atoms with E-state index >= 15 is 0 Å². The molecule has 0 atom stereocenters. The molecule has 0 fully saturated rings. The van der Waals surface area contributed by atoms with Crippen molar-refractivity contribution in [2.75, 3.05) is 14.2 Å². The summed E-state index contributed by atoms with van der Waals surface area (Å²) in [4.78, 5) is 12.5. The molecule has 0 aliphatic rings. The highest BCUT2D eigenvalue weighted by Crippen LogP contribution is 2.41. The third-order valence-electron chi connectivity index (χ3n) is 4.93. The number of halogens is 3. The molecule has 0 saturated carbocycles. The number of fused-ring (bicyclic) bond motifs is 1. The molecule has 0 bridgehead atoms. The minimum absolute atomic E-state index is 0.184. The maximum atomic E-state index is 12.9. The molecule has 0 unspecified atom stereocenters. The summed E-state index contributed by atoms with van der Waals surface area (Å²) >= 11 is 6.55. The van der Waals surface area contributed by atoms with Gasteiger partial charge in [-0.15, -0.1) is 0 Å². The van der Waals surface area contributed by atoms with E-state index in [2.05, 4.69) is 19.7 Å². The summed E-state index contributed by atoms with van der Waals surface area (Å²) < 4.78 is 66.7. The number of pyridine rings is 1. The van der Waals surface area contributed by atoms with Crippen molar-refractivity contribution in [2.45, 2.75) is 18.4 Å². The van der Waals surface area contributed by atoms with Crippen molar-refractivity contribution in [2.24, 2.45) is 5.14 Å². The van der Waals surface area contributed by atoms with Crippen LogP contribution < -0.4 is 19.3 Å². The second kappa shape index (κ2) is 9.24. The molecule has 2 N–H and O–H groups in total. The molecule has 1 aromatic carbocycles. The average Bonchev–Trinajstić information content (AvgIpc) is 3.19. The summed E-state index contributed by atoms with van der Waals surface area (Å²) in [5, 5.41) is 5.94. The molecule has 0 spiro atoms. The Hall–Kier alpha value is -3.55. The first kappa shape index (κ1) is 24.6. The smallest absolute Gasteiger partial charge is 0.387 e. The lowest BCUT2D eigenvalue weighted by molar-refractivity contribution is -0.0534. The van der Waals surface area contributed by atoms with Crippen molar-refractivity contribution in [1.82, 2.24) is 19.5 Å². The zero-order chi connectivity index (χ0) is 25.5.